The SMILES string of the molecule is Cc1cc(-c2ccc(N=Nc3c(S(=O)(=O)O)cc4cc(S(=O)(=O)O)ccc4c3[O-])c(C)c2)ccc1N=Nc1ccc([O-])cc1.[Na+].[Na+]. The van der Waals surface area contributed by atoms with Gasteiger partial charge >= 0.3 is 59.1 Å². The number of nitrogens with zero attached hydrogens (tertiary/aromatic N) is 4. The molecule has 0 aliphatic carbocycles. The van der Waals surface area contributed by atoms with Crippen molar-refractivity contribution >= 4 is 53.8 Å². The number of rotatable bonds is 7. The molecule has 0 fully saturated rings. The molecule has 0 amide bonds. The molecule has 16 heteroatoms. The van der Waals surface area contributed by atoms with E-state index in [4.69, 9.17) is 0 Å². The molecule has 0 unspecified atom stereocenters. The summed E-state index contributed by atoms with van der Waals surface area (Å²) in [4.78, 5) is -1.42. The van der Waals surface area contributed by atoms with E-state index < -0.39 is 41.5 Å². The van der Waals surface area contributed by atoms with Crippen LogP contribution in [0.15, 0.2) is 115 Å². The second kappa shape index (κ2) is 14.8. The molecule has 5 aromatic carbocycles. The Balaban J connectivity index is 0.00000288. The standard InChI is InChI=1S/C30H24N4O8S2.2Na/c1-17-13-19(3-11-26(17)32-31-22-5-7-23(35)8-6-22)20-4-12-27(18(2)14-20)33-34-29-28(44(40,41)42)16-21-15-24(43(37,38)39)9-10-25(21)30(29)36;;/h3-16,35-36H,1-2H3,(H,37,38,39)(H,40,41,42);;/q;2*+1/p-2. The van der Waals surface area contributed by atoms with Gasteiger partial charge in [-0.2, -0.15) is 32.2 Å². The van der Waals surface area contributed by atoms with Gasteiger partial charge in [-0.1, -0.05) is 36.1 Å². The minimum Gasteiger partial charge on any atom is -0.872 e. The van der Waals surface area contributed by atoms with Crippen molar-refractivity contribution in [1.29, 1.82) is 0 Å². The molecular formula is C30H22N4Na2O8S2. The largest absolute Gasteiger partial charge is 1.00 e. The Morgan fingerprint density at radius 1 is 0.609 bits per heavy atom. The van der Waals surface area contributed by atoms with Crippen LogP contribution >= 0.6 is 0 Å². The molecule has 0 aromatic heterocycles. The van der Waals surface area contributed by atoms with Gasteiger partial charge < -0.3 is 10.2 Å². The van der Waals surface area contributed by atoms with E-state index in [1.165, 1.54) is 12.1 Å². The molecule has 5 aromatic rings. The Hall–Kier alpha value is -3.02. The molecule has 2 N–H and O–H groups in total. The van der Waals surface area contributed by atoms with Crippen LogP contribution in [0.25, 0.3) is 21.9 Å². The molecule has 0 radical (unpaired) electrons. The van der Waals surface area contributed by atoms with Crippen LogP contribution in [0.5, 0.6) is 11.5 Å². The van der Waals surface area contributed by atoms with Crippen LogP contribution in [0.2, 0.25) is 0 Å². The van der Waals surface area contributed by atoms with Crippen LogP contribution in [0.4, 0.5) is 22.7 Å². The first-order valence-electron chi connectivity index (χ1n) is 12.8. The van der Waals surface area contributed by atoms with Gasteiger partial charge in [0.25, 0.3) is 20.2 Å². The molecule has 0 spiro atoms. The Morgan fingerprint density at radius 3 is 1.65 bits per heavy atom. The zero-order chi connectivity index (χ0) is 31.8. The van der Waals surface area contributed by atoms with Crippen LogP contribution in [0.3, 0.4) is 0 Å². The fourth-order valence-corrected chi connectivity index (χ4v) is 5.56. The van der Waals surface area contributed by atoms with Gasteiger partial charge in [0.1, 0.15) is 4.90 Å². The average molecular weight is 677 g/mol. The monoisotopic (exact) mass is 676 g/mol. The number of aryl methyl sites for hydroxylation is 2. The number of fused-ring (bicyclic) bond motifs is 1. The molecule has 46 heavy (non-hydrogen) atoms. The number of hydrogen-bond acceptors (Lipinski definition) is 10. The molecule has 0 heterocycles. The van der Waals surface area contributed by atoms with Crippen molar-refractivity contribution in [3.05, 3.63) is 96.1 Å². The fourth-order valence-electron chi connectivity index (χ4n) is 4.39. The molecule has 0 aliphatic heterocycles. The minimum atomic E-state index is -4.98. The maximum absolute atomic E-state index is 13.1. The van der Waals surface area contributed by atoms with Gasteiger partial charge in [0.15, 0.2) is 0 Å². The quantitative estimate of drug-likeness (QED) is 0.142. The van der Waals surface area contributed by atoms with Crippen LogP contribution < -0.4 is 69.3 Å². The Labute approximate surface area is 309 Å². The first-order valence-corrected chi connectivity index (χ1v) is 15.6. The normalized spacial score (nSPS) is 11.9. The minimum absolute atomic E-state index is 0. The molecular weight excluding hydrogens is 654 g/mol. The molecule has 0 saturated heterocycles. The summed E-state index contributed by atoms with van der Waals surface area (Å²) < 4.78 is 66.3. The maximum atomic E-state index is 13.1. The predicted octanol–water partition coefficient (Wildman–Crippen LogP) is 0.603. The van der Waals surface area contributed by atoms with Gasteiger partial charge in [-0.3, -0.25) is 9.11 Å². The van der Waals surface area contributed by atoms with Crippen LogP contribution in [0.1, 0.15) is 11.1 Å². The van der Waals surface area contributed by atoms with Crippen molar-refractivity contribution in [2.45, 2.75) is 23.6 Å². The summed E-state index contributed by atoms with van der Waals surface area (Å²) in [5.41, 5.74) is 4.07. The van der Waals surface area contributed by atoms with Gasteiger partial charge in [0, 0.05) is 0 Å². The molecule has 0 saturated carbocycles. The van der Waals surface area contributed by atoms with Crippen LogP contribution in [-0.4, -0.2) is 25.9 Å². The van der Waals surface area contributed by atoms with E-state index in [1.54, 1.807) is 31.2 Å². The van der Waals surface area contributed by atoms with Gasteiger partial charge in [0.05, 0.1) is 27.6 Å². The average Bonchev–Trinajstić information content (AvgIpc) is 2.96. The number of hydrogen-bond donors (Lipinski definition) is 2. The van der Waals surface area contributed by atoms with E-state index in [9.17, 15) is 36.2 Å². The Kier molecular flexibility index (Phi) is 12.1. The summed E-state index contributed by atoms with van der Waals surface area (Å²) in [5.74, 6) is -1.02. The smallest absolute Gasteiger partial charge is 0.872 e. The second-order valence-electron chi connectivity index (χ2n) is 9.78. The summed E-state index contributed by atoms with van der Waals surface area (Å²) in [6, 6.07) is 20.7. The molecule has 12 nitrogen and oxygen atoms in total. The first kappa shape index (κ1) is 37.4. The topological polar surface area (TPSA) is 204 Å². The Bertz CT molecular complexity index is 2230. The van der Waals surface area contributed by atoms with Crippen LogP contribution in [0, 0.1) is 13.8 Å². The van der Waals surface area contributed by atoms with E-state index in [-0.39, 0.29) is 75.6 Å². The van der Waals surface area contributed by atoms with Gasteiger partial charge in [-0.25, -0.2) is 0 Å². The summed E-state index contributed by atoms with van der Waals surface area (Å²) in [5, 5.41) is 40.5. The van der Waals surface area contributed by atoms with E-state index in [1.807, 2.05) is 31.2 Å². The van der Waals surface area contributed by atoms with E-state index >= 15 is 0 Å². The van der Waals surface area contributed by atoms with Crippen molar-refractivity contribution < 1.29 is 95.3 Å². The fraction of sp³-hybridized carbons (Fsp3) is 0.0667. The van der Waals surface area contributed by atoms with Gasteiger partial charge in [-0.15, -0.1) is 10.9 Å². The third kappa shape index (κ3) is 8.46. The summed E-state index contributed by atoms with van der Waals surface area (Å²) in [6.07, 6.45) is 0. The van der Waals surface area contributed by atoms with E-state index in [0.29, 0.717) is 22.6 Å². The first-order chi connectivity index (χ1) is 20.7. The van der Waals surface area contributed by atoms with Crippen molar-refractivity contribution in [2.24, 2.45) is 20.5 Å². The number of azo groups is 2. The zero-order valence-electron chi connectivity index (χ0n) is 25.0. The molecule has 5 rings (SSSR count). The Morgan fingerprint density at radius 2 is 1.15 bits per heavy atom. The van der Waals surface area contributed by atoms with E-state index in [0.717, 1.165) is 41.0 Å². The number of benzene rings is 5. The predicted molar refractivity (Wildman–Crippen MR) is 159 cm³/mol. The van der Waals surface area contributed by atoms with Crippen molar-refractivity contribution in [3.8, 4) is 22.6 Å². The van der Waals surface area contributed by atoms with Crippen molar-refractivity contribution in [3.63, 3.8) is 0 Å². The summed E-state index contributed by atoms with van der Waals surface area (Å²) in [7, 11) is -9.61. The maximum Gasteiger partial charge on any atom is 1.00 e. The van der Waals surface area contributed by atoms with Crippen molar-refractivity contribution in [1.82, 2.24) is 0 Å². The zero-order valence-corrected chi connectivity index (χ0v) is 30.7. The second-order valence-corrected chi connectivity index (χ2v) is 12.6. The van der Waals surface area contributed by atoms with Gasteiger partial charge in [0.2, 0.25) is 0 Å². The third-order valence-corrected chi connectivity index (χ3v) is 8.39. The van der Waals surface area contributed by atoms with Crippen LogP contribution in [-0.2, 0) is 20.2 Å². The third-order valence-electron chi connectivity index (χ3n) is 6.67. The van der Waals surface area contributed by atoms with E-state index in [2.05, 4.69) is 20.5 Å². The summed E-state index contributed by atoms with van der Waals surface area (Å²) >= 11 is 0. The van der Waals surface area contributed by atoms with Crippen molar-refractivity contribution in [2.75, 3.05) is 0 Å². The molecule has 0 atom stereocenters. The molecule has 224 valence electrons. The summed E-state index contributed by atoms with van der Waals surface area (Å²) in [6.45, 7) is 3.63. The molecule has 0 bridgehead atoms. The van der Waals surface area contributed by atoms with Gasteiger partial charge in [-0.05, 0) is 101 Å². The molecule has 0 aliphatic rings.